The van der Waals surface area contributed by atoms with Crippen LogP contribution in [0, 0.1) is 0 Å². The maximum Gasteiger partial charge on any atom is 0.262 e. The molecule has 0 bridgehead atoms. The van der Waals surface area contributed by atoms with Crippen LogP contribution in [0.4, 0.5) is 0 Å². The van der Waals surface area contributed by atoms with Crippen molar-refractivity contribution in [1.29, 1.82) is 0 Å². The molecule has 1 aliphatic rings. The van der Waals surface area contributed by atoms with Gasteiger partial charge in [0.2, 0.25) is 5.91 Å². The Bertz CT molecular complexity index is 1140. The molecule has 0 saturated carbocycles. The first-order chi connectivity index (χ1) is 16.1. The van der Waals surface area contributed by atoms with E-state index < -0.39 is 0 Å². The molecule has 1 aromatic heterocycles. The van der Waals surface area contributed by atoms with Gasteiger partial charge in [-0.05, 0) is 24.6 Å². The Morgan fingerprint density at radius 1 is 1.06 bits per heavy atom. The van der Waals surface area contributed by atoms with Gasteiger partial charge in [-0.3, -0.25) is 19.1 Å². The van der Waals surface area contributed by atoms with E-state index in [1.807, 2.05) is 36.1 Å². The third kappa shape index (κ3) is 5.63. The number of carbonyl (C=O) groups is 1. The highest BCUT2D eigenvalue weighted by atomic mass is 32.2. The summed E-state index contributed by atoms with van der Waals surface area (Å²) in [4.78, 5) is 35.2. The highest BCUT2D eigenvalue weighted by Crippen LogP contribution is 2.24. The van der Waals surface area contributed by atoms with Gasteiger partial charge in [0.15, 0.2) is 5.16 Å². The van der Waals surface area contributed by atoms with E-state index in [0.717, 1.165) is 19.6 Å². The van der Waals surface area contributed by atoms with Crippen molar-refractivity contribution in [3.63, 3.8) is 0 Å². The van der Waals surface area contributed by atoms with E-state index in [1.165, 1.54) is 17.3 Å². The minimum atomic E-state index is -0.340. The molecule has 2 heterocycles. The number of hydrogen-bond donors (Lipinski definition) is 0. The molecule has 0 aliphatic carbocycles. The second-order valence-corrected chi connectivity index (χ2v) is 9.52. The highest BCUT2D eigenvalue weighted by Gasteiger charge is 2.27. The van der Waals surface area contributed by atoms with Crippen molar-refractivity contribution in [2.24, 2.45) is 0 Å². The van der Waals surface area contributed by atoms with E-state index >= 15 is 0 Å². The van der Waals surface area contributed by atoms with Crippen molar-refractivity contribution >= 4 is 28.6 Å². The lowest BCUT2D eigenvalue weighted by Crippen LogP contribution is -2.50. The molecule has 1 fully saturated rings. The van der Waals surface area contributed by atoms with E-state index in [4.69, 9.17) is 9.72 Å². The molecule has 2 aromatic carbocycles. The van der Waals surface area contributed by atoms with Gasteiger partial charge in [-0.25, -0.2) is 4.98 Å². The largest absolute Gasteiger partial charge is 0.383 e. The molecule has 7 nitrogen and oxygen atoms in total. The summed E-state index contributed by atoms with van der Waals surface area (Å²) in [5.74, 6) is 0.0834. The molecule has 1 aliphatic heterocycles. The van der Waals surface area contributed by atoms with Gasteiger partial charge in [0.05, 0.1) is 29.3 Å². The Morgan fingerprint density at radius 3 is 2.48 bits per heavy atom. The minimum Gasteiger partial charge on any atom is -0.383 e. The fraction of sp³-hybridized carbons (Fsp3) is 0.400. The average Bonchev–Trinajstić information content (AvgIpc) is 2.84. The normalized spacial score (nSPS) is 15.6. The van der Waals surface area contributed by atoms with Gasteiger partial charge in [-0.1, -0.05) is 54.2 Å². The average molecular weight is 467 g/mol. The van der Waals surface area contributed by atoms with Crippen LogP contribution in [0.1, 0.15) is 12.5 Å². The summed E-state index contributed by atoms with van der Waals surface area (Å²) >= 11 is 1.35. The van der Waals surface area contributed by atoms with Gasteiger partial charge in [0.25, 0.3) is 5.56 Å². The molecular formula is C25H30N4O3S. The van der Waals surface area contributed by atoms with Crippen molar-refractivity contribution in [2.75, 3.05) is 39.9 Å². The van der Waals surface area contributed by atoms with Crippen LogP contribution >= 0.6 is 11.8 Å². The summed E-state index contributed by atoms with van der Waals surface area (Å²) in [6.07, 6.45) is 0. The standard InChI is InChI=1S/C25H30N4O3S/c1-19(23(30)28-14-12-27(13-15-28)18-20-8-4-3-5-9-20)33-25-26-22-11-7-6-10-21(22)24(31)29(25)16-17-32-2/h3-11,19H,12-18H2,1-2H3/t19-/m0/s1. The third-order valence-corrected chi connectivity index (χ3v) is 6.99. The first-order valence-electron chi connectivity index (χ1n) is 11.3. The van der Waals surface area contributed by atoms with Crippen LogP contribution in [-0.4, -0.2) is 70.4 Å². The van der Waals surface area contributed by atoms with E-state index in [0.29, 0.717) is 42.3 Å². The molecular weight excluding hydrogens is 436 g/mol. The SMILES string of the molecule is COCCn1c(S[C@@H](C)C(=O)N2CCN(Cc3ccccc3)CC2)nc2ccccc2c1=O. The molecule has 1 amide bonds. The lowest BCUT2D eigenvalue weighted by molar-refractivity contribution is -0.132. The van der Waals surface area contributed by atoms with Crippen LogP contribution in [-0.2, 0) is 22.6 Å². The Morgan fingerprint density at radius 2 is 1.76 bits per heavy atom. The minimum absolute atomic E-state index is 0.0834. The zero-order valence-corrected chi connectivity index (χ0v) is 20.0. The predicted molar refractivity (Wildman–Crippen MR) is 131 cm³/mol. The first-order valence-corrected chi connectivity index (χ1v) is 12.1. The summed E-state index contributed by atoms with van der Waals surface area (Å²) in [5, 5.41) is 0.790. The molecule has 8 heteroatoms. The quantitative estimate of drug-likeness (QED) is 0.376. The number of amides is 1. The molecule has 1 atom stereocenters. The van der Waals surface area contributed by atoms with Crippen LogP contribution in [0.2, 0.25) is 0 Å². The second kappa shape index (κ2) is 11.0. The second-order valence-electron chi connectivity index (χ2n) is 8.21. The molecule has 0 unspecified atom stereocenters. The number of rotatable bonds is 8. The Kier molecular flexibility index (Phi) is 7.80. The number of hydrogen-bond acceptors (Lipinski definition) is 6. The summed E-state index contributed by atoms with van der Waals surface area (Å²) in [7, 11) is 1.61. The molecule has 0 spiro atoms. The maximum absolute atomic E-state index is 13.2. The number of benzene rings is 2. The van der Waals surface area contributed by atoms with E-state index in [1.54, 1.807) is 17.7 Å². The summed E-state index contributed by atoms with van der Waals surface area (Å²) < 4.78 is 6.81. The lowest BCUT2D eigenvalue weighted by atomic mass is 10.2. The molecule has 3 aromatic rings. The van der Waals surface area contributed by atoms with Crippen LogP contribution < -0.4 is 5.56 Å². The fourth-order valence-corrected chi connectivity index (χ4v) is 5.07. The van der Waals surface area contributed by atoms with Crippen molar-refractivity contribution < 1.29 is 9.53 Å². The van der Waals surface area contributed by atoms with Gasteiger partial charge in [0.1, 0.15) is 0 Å². The van der Waals surface area contributed by atoms with Gasteiger partial charge in [-0.15, -0.1) is 0 Å². The van der Waals surface area contributed by atoms with Crippen LogP contribution in [0.25, 0.3) is 10.9 Å². The number of nitrogens with zero attached hydrogens (tertiary/aromatic N) is 4. The van der Waals surface area contributed by atoms with E-state index in [9.17, 15) is 9.59 Å². The Labute approximate surface area is 198 Å². The highest BCUT2D eigenvalue weighted by molar-refractivity contribution is 8.00. The number of fused-ring (bicyclic) bond motifs is 1. The topological polar surface area (TPSA) is 67.7 Å². The van der Waals surface area contributed by atoms with Crippen LogP contribution in [0.3, 0.4) is 0 Å². The lowest BCUT2D eigenvalue weighted by Gasteiger charge is -2.35. The zero-order chi connectivity index (χ0) is 23.2. The summed E-state index contributed by atoms with van der Waals surface area (Å²) in [6, 6.07) is 17.7. The number of ether oxygens (including phenoxy) is 1. The number of carbonyl (C=O) groups excluding carboxylic acids is 1. The Hall–Kier alpha value is -2.68. The van der Waals surface area contributed by atoms with Gasteiger partial charge < -0.3 is 9.64 Å². The maximum atomic E-state index is 13.2. The zero-order valence-electron chi connectivity index (χ0n) is 19.1. The smallest absolute Gasteiger partial charge is 0.262 e. The van der Waals surface area contributed by atoms with E-state index in [2.05, 4.69) is 29.2 Å². The van der Waals surface area contributed by atoms with Crippen molar-refractivity contribution in [3.8, 4) is 0 Å². The van der Waals surface area contributed by atoms with Crippen molar-refractivity contribution in [1.82, 2.24) is 19.4 Å². The third-order valence-electron chi connectivity index (χ3n) is 5.91. The van der Waals surface area contributed by atoms with Crippen LogP contribution in [0.5, 0.6) is 0 Å². The molecule has 0 radical (unpaired) electrons. The monoisotopic (exact) mass is 466 g/mol. The van der Waals surface area contributed by atoms with E-state index in [-0.39, 0.29) is 16.7 Å². The Balaban J connectivity index is 1.43. The first kappa shape index (κ1) is 23.5. The number of thioether (sulfide) groups is 1. The predicted octanol–water partition coefficient (Wildman–Crippen LogP) is 2.87. The summed E-state index contributed by atoms with van der Waals surface area (Å²) in [5.41, 5.74) is 1.83. The summed E-state index contributed by atoms with van der Waals surface area (Å²) in [6.45, 7) is 6.71. The van der Waals surface area contributed by atoms with Gasteiger partial charge >= 0.3 is 0 Å². The number of aromatic nitrogens is 2. The molecule has 1 saturated heterocycles. The van der Waals surface area contributed by atoms with Crippen molar-refractivity contribution in [3.05, 3.63) is 70.5 Å². The van der Waals surface area contributed by atoms with Gasteiger partial charge in [-0.2, -0.15) is 0 Å². The molecule has 33 heavy (non-hydrogen) atoms. The number of piperazine rings is 1. The fourth-order valence-electron chi connectivity index (χ4n) is 4.05. The number of methoxy groups -OCH3 is 1. The molecule has 174 valence electrons. The number of para-hydroxylation sites is 1. The van der Waals surface area contributed by atoms with Crippen LogP contribution in [0.15, 0.2) is 64.5 Å². The van der Waals surface area contributed by atoms with Gasteiger partial charge in [0, 0.05) is 39.8 Å². The molecule has 4 rings (SSSR count). The molecule has 0 N–H and O–H groups in total. The van der Waals surface area contributed by atoms with Crippen molar-refractivity contribution in [2.45, 2.75) is 30.4 Å².